The maximum Gasteiger partial charge on any atom is 0.0534 e. The topological polar surface area (TPSA) is 33.1 Å². The highest BCUT2D eigenvalue weighted by molar-refractivity contribution is 5.08. The van der Waals surface area contributed by atoms with E-state index in [1.54, 1.807) is 0 Å². The zero-order valence-corrected chi connectivity index (χ0v) is 14.0. The van der Waals surface area contributed by atoms with Crippen molar-refractivity contribution in [3.63, 3.8) is 0 Å². The molecule has 2 aliphatic rings. The van der Waals surface area contributed by atoms with Crippen LogP contribution in [0.2, 0.25) is 0 Å². The standard InChI is InChI=1S/C17H30N4/c1-16(2,3)15-10-18-17(7-5-6-8-17)13-21(15)12-14-9-19-20(4)11-14/h9,11,15,18H,5-8,10,12-13H2,1-4H3. The molecule has 0 radical (unpaired) electrons. The van der Waals surface area contributed by atoms with Gasteiger partial charge in [0.15, 0.2) is 0 Å². The number of nitrogens with zero attached hydrogens (tertiary/aromatic N) is 3. The molecule has 1 spiro atoms. The van der Waals surface area contributed by atoms with Gasteiger partial charge in [-0.15, -0.1) is 0 Å². The third kappa shape index (κ3) is 3.16. The molecule has 118 valence electrons. The lowest BCUT2D eigenvalue weighted by molar-refractivity contribution is 0.0179. The van der Waals surface area contributed by atoms with Gasteiger partial charge < -0.3 is 5.32 Å². The van der Waals surface area contributed by atoms with Gasteiger partial charge in [-0.2, -0.15) is 5.10 Å². The van der Waals surface area contributed by atoms with Crippen molar-refractivity contribution in [2.75, 3.05) is 13.1 Å². The van der Waals surface area contributed by atoms with Crippen molar-refractivity contribution in [3.05, 3.63) is 18.0 Å². The van der Waals surface area contributed by atoms with Gasteiger partial charge in [0.05, 0.1) is 6.20 Å². The fraction of sp³-hybridized carbons (Fsp3) is 0.824. The second-order valence-corrected chi connectivity index (χ2v) is 8.18. The lowest BCUT2D eigenvalue weighted by atomic mass is 9.81. The third-order valence-corrected chi connectivity index (χ3v) is 5.32. The van der Waals surface area contributed by atoms with E-state index in [4.69, 9.17) is 0 Å². The third-order valence-electron chi connectivity index (χ3n) is 5.32. The number of hydrogen-bond donors (Lipinski definition) is 1. The van der Waals surface area contributed by atoms with Crippen LogP contribution >= 0.6 is 0 Å². The Morgan fingerprint density at radius 1 is 1.33 bits per heavy atom. The van der Waals surface area contributed by atoms with Crippen molar-refractivity contribution in [1.82, 2.24) is 20.0 Å². The minimum Gasteiger partial charge on any atom is -0.308 e. The fourth-order valence-electron chi connectivity index (χ4n) is 4.19. The van der Waals surface area contributed by atoms with E-state index < -0.39 is 0 Å². The Morgan fingerprint density at radius 3 is 2.62 bits per heavy atom. The lowest BCUT2D eigenvalue weighted by Crippen LogP contribution is -2.65. The summed E-state index contributed by atoms with van der Waals surface area (Å²) in [6.45, 7) is 10.4. The van der Waals surface area contributed by atoms with Crippen LogP contribution in [0.4, 0.5) is 0 Å². The van der Waals surface area contributed by atoms with Crippen molar-refractivity contribution < 1.29 is 0 Å². The summed E-state index contributed by atoms with van der Waals surface area (Å²) in [5.74, 6) is 0. The molecule has 1 aromatic rings. The van der Waals surface area contributed by atoms with Gasteiger partial charge in [-0.1, -0.05) is 33.6 Å². The molecule has 0 amide bonds. The fourth-order valence-corrected chi connectivity index (χ4v) is 4.19. The van der Waals surface area contributed by atoms with Gasteiger partial charge >= 0.3 is 0 Å². The van der Waals surface area contributed by atoms with Crippen LogP contribution < -0.4 is 5.32 Å². The van der Waals surface area contributed by atoms with Crippen LogP contribution in [-0.2, 0) is 13.6 Å². The van der Waals surface area contributed by atoms with Gasteiger partial charge in [-0.25, -0.2) is 0 Å². The summed E-state index contributed by atoms with van der Waals surface area (Å²) < 4.78 is 1.91. The summed E-state index contributed by atoms with van der Waals surface area (Å²) >= 11 is 0. The van der Waals surface area contributed by atoms with Crippen molar-refractivity contribution in [3.8, 4) is 0 Å². The molecule has 1 N–H and O–H groups in total. The average molecular weight is 290 g/mol. The maximum absolute atomic E-state index is 4.33. The zero-order valence-electron chi connectivity index (χ0n) is 14.0. The highest BCUT2D eigenvalue weighted by Gasteiger charge is 2.44. The molecule has 4 heteroatoms. The van der Waals surface area contributed by atoms with E-state index in [-0.39, 0.29) is 0 Å². The van der Waals surface area contributed by atoms with Gasteiger partial charge in [-0.05, 0) is 18.3 Å². The SMILES string of the molecule is Cn1cc(CN2CC3(CCCC3)NCC2C(C)(C)C)cn1. The molecule has 0 bridgehead atoms. The Bertz CT molecular complexity index is 479. The highest BCUT2D eigenvalue weighted by atomic mass is 15.3. The van der Waals surface area contributed by atoms with Crippen molar-refractivity contribution in [2.45, 2.75) is 64.6 Å². The van der Waals surface area contributed by atoms with E-state index in [0.717, 1.165) is 13.1 Å². The quantitative estimate of drug-likeness (QED) is 0.909. The van der Waals surface area contributed by atoms with E-state index in [0.29, 0.717) is 17.0 Å². The summed E-state index contributed by atoms with van der Waals surface area (Å²) in [5.41, 5.74) is 2.01. The molecule has 1 atom stereocenters. The van der Waals surface area contributed by atoms with E-state index in [1.807, 2.05) is 17.9 Å². The van der Waals surface area contributed by atoms with Crippen molar-refractivity contribution in [2.24, 2.45) is 12.5 Å². The summed E-state index contributed by atoms with van der Waals surface area (Å²) in [5, 5.41) is 8.24. The van der Waals surface area contributed by atoms with Crippen LogP contribution in [0, 0.1) is 5.41 Å². The molecule has 1 aliphatic heterocycles. The van der Waals surface area contributed by atoms with Crippen LogP contribution in [0.1, 0.15) is 52.0 Å². The molecule has 1 unspecified atom stereocenters. The van der Waals surface area contributed by atoms with Crippen LogP contribution in [0.25, 0.3) is 0 Å². The molecule has 1 saturated carbocycles. The minimum atomic E-state index is 0.301. The Balaban J connectivity index is 1.79. The largest absolute Gasteiger partial charge is 0.308 e. The first-order chi connectivity index (χ1) is 9.88. The van der Waals surface area contributed by atoms with Gasteiger partial charge in [0, 0.05) is 50.0 Å². The minimum absolute atomic E-state index is 0.301. The molecule has 1 aromatic heterocycles. The van der Waals surface area contributed by atoms with Crippen LogP contribution in [0.5, 0.6) is 0 Å². The van der Waals surface area contributed by atoms with E-state index >= 15 is 0 Å². The van der Waals surface area contributed by atoms with Gasteiger partial charge in [0.25, 0.3) is 0 Å². The van der Waals surface area contributed by atoms with Crippen LogP contribution in [-0.4, -0.2) is 39.4 Å². The maximum atomic E-state index is 4.33. The Kier molecular flexibility index (Phi) is 3.87. The van der Waals surface area contributed by atoms with E-state index in [9.17, 15) is 0 Å². The molecule has 1 aliphatic carbocycles. The van der Waals surface area contributed by atoms with Crippen molar-refractivity contribution in [1.29, 1.82) is 0 Å². The monoisotopic (exact) mass is 290 g/mol. The zero-order chi connectivity index (χ0) is 15.1. The number of aromatic nitrogens is 2. The van der Waals surface area contributed by atoms with Crippen LogP contribution in [0.3, 0.4) is 0 Å². The molecule has 21 heavy (non-hydrogen) atoms. The van der Waals surface area contributed by atoms with Crippen LogP contribution in [0.15, 0.2) is 12.4 Å². The Labute approximate surface area is 128 Å². The van der Waals surface area contributed by atoms with Crippen molar-refractivity contribution >= 4 is 0 Å². The number of nitrogens with one attached hydrogen (secondary N) is 1. The number of hydrogen-bond acceptors (Lipinski definition) is 3. The smallest absolute Gasteiger partial charge is 0.0534 e. The molecular formula is C17H30N4. The Hall–Kier alpha value is -0.870. The summed E-state index contributed by atoms with van der Waals surface area (Å²) in [6, 6.07) is 0.587. The molecule has 0 aromatic carbocycles. The summed E-state index contributed by atoms with van der Waals surface area (Å²) in [6.07, 6.45) is 9.62. The molecule has 2 heterocycles. The number of piperazine rings is 1. The normalized spacial score (nSPS) is 26.6. The van der Waals surface area contributed by atoms with Gasteiger partial charge in [-0.3, -0.25) is 9.58 Å². The second-order valence-electron chi connectivity index (χ2n) is 8.18. The van der Waals surface area contributed by atoms with E-state index in [1.165, 1.54) is 37.8 Å². The average Bonchev–Trinajstić information content (AvgIpc) is 2.98. The van der Waals surface area contributed by atoms with Gasteiger partial charge in [0.1, 0.15) is 0 Å². The number of aryl methyl sites for hydroxylation is 1. The van der Waals surface area contributed by atoms with Gasteiger partial charge in [0.2, 0.25) is 0 Å². The first kappa shape index (κ1) is 15.0. The summed E-state index contributed by atoms with van der Waals surface area (Å²) in [4.78, 5) is 2.71. The molecule has 4 nitrogen and oxygen atoms in total. The summed E-state index contributed by atoms with van der Waals surface area (Å²) in [7, 11) is 2.00. The highest BCUT2D eigenvalue weighted by Crippen LogP contribution is 2.37. The van der Waals surface area contributed by atoms with E-state index in [2.05, 4.69) is 42.3 Å². The number of rotatable bonds is 2. The second kappa shape index (κ2) is 5.40. The first-order valence-corrected chi connectivity index (χ1v) is 8.35. The molecule has 3 rings (SSSR count). The lowest BCUT2D eigenvalue weighted by Gasteiger charge is -2.50. The predicted molar refractivity (Wildman–Crippen MR) is 86.1 cm³/mol. The molecule has 2 fully saturated rings. The Morgan fingerprint density at radius 2 is 2.05 bits per heavy atom. The first-order valence-electron chi connectivity index (χ1n) is 8.35. The predicted octanol–water partition coefficient (Wildman–Crippen LogP) is 2.55. The molecule has 1 saturated heterocycles. The molecular weight excluding hydrogens is 260 g/mol.